The van der Waals surface area contributed by atoms with Gasteiger partial charge in [-0.15, -0.1) is 0 Å². The first-order chi connectivity index (χ1) is 10.9. The van der Waals surface area contributed by atoms with Crippen LogP contribution in [0.25, 0.3) is 0 Å². The molecule has 0 aromatic heterocycles. The molecule has 0 aromatic rings. The number of hydrogen-bond donors (Lipinski definition) is 3. The van der Waals surface area contributed by atoms with E-state index >= 15 is 0 Å². The maximum Gasteiger partial charge on any atom is 0.330 e. The topological polar surface area (TPSA) is 117 Å². The summed E-state index contributed by atoms with van der Waals surface area (Å²) in [6.45, 7) is 0. The van der Waals surface area contributed by atoms with Gasteiger partial charge in [-0.2, -0.15) is 0 Å². The molecule has 1 unspecified atom stereocenters. The van der Waals surface area contributed by atoms with Crippen LogP contribution in [-0.2, 0) is 9.53 Å². The van der Waals surface area contributed by atoms with Crippen molar-refractivity contribution < 1.29 is 9.53 Å². The highest BCUT2D eigenvalue weighted by Gasteiger charge is 2.33. The fraction of sp³-hybridized carbons (Fsp3) is 0.529. The molecule has 6 heteroatoms. The Morgan fingerprint density at radius 2 is 2.13 bits per heavy atom. The maximum atomic E-state index is 11.2. The standard InChI is InChI=1S/C17H26N4O2/c1-23-14(22)8-7-12-5-4-6-13(11-12)15(18)21-16(19)17(20)9-2-3-10-17/h6-8,11,15H,2-5,9-10,18,20H2,1H3,(H2,19,21)/b8-7+. The van der Waals surface area contributed by atoms with E-state index in [1.807, 2.05) is 6.08 Å². The molecule has 0 heterocycles. The number of carbonyl (C=O) groups is 1. The van der Waals surface area contributed by atoms with Crippen molar-refractivity contribution in [2.75, 3.05) is 7.11 Å². The number of esters is 1. The van der Waals surface area contributed by atoms with Gasteiger partial charge >= 0.3 is 5.97 Å². The van der Waals surface area contributed by atoms with Gasteiger partial charge in [-0.1, -0.05) is 31.1 Å². The van der Waals surface area contributed by atoms with Crippen molar-refractivity contribution in [2.24, 2.45) is 22.2 Å². The number of allylic oxidation sites excluding steroid dienone is 3. The smallest absolute Gasteiger partial charge is 0.330 e. The summed E-state index contributed by atoms with van der Waals surface area (Å²) in [6.07, 6.45) is 12.2. The third kappa shape index (κ3) is 4.53. The van der Waals surface area contributed by atoms with Gasteiger partial charge < -0.3 is 21.9 Å². The molecule has 1 atom stereocenters. The molecular weight excluding hydrogens is 292 g/mol. The second-order valence-corrected chi connectivity index (χ2v) is 6.14. The predicted molar refractivity (Wildman–Crippen MR) is 91.5 cm³/mol. The van der Waals surface area contributed by atoms with Gasteiger partial charge in [0.1, 0.15) is 12.0 Å². The van der Waals surface area contributed by atoms with Crippen LogP contribution >= 0.6 is 0 Å². The van der Waals surface area contributed by atoms with Crippen LogP contribution in [0, 0.1) is 0 Å². The molecule has 6 N–H and O–H groups in total. The highest BCUT2D eigenvalue weighted by atomic mass is 16.5. The number of hydrogen-bond acceptors (Lipinski definition) is 5. The van der Waals surface area contributed by atoms with Crippen molar-refractivity contribution in [3.8, 4) is 0 Å². The van der Waals surface area contributed by atoms with E-state index in [0.717, 1.165) is 49.7 Å². The van der Waals surface area contributed by atoms with Gasteiger partial charge in [-0.3, -0.25) is 0 Å². The van der Waals surface area contributed by atoms with Crippen LogP contribution in [0.2, 0.25) is 0 Å². The Morgan fingerprint density at radius 3 is 2.78 bits per heavy atom. The molecule has 1 saturated carbocycles. The molecule has 0 aromatic carbocycles. The van der Waals surface area contributed by atoms with E-state index in [-0.39, 0.29) is 5.97 Å². The first-order valence-corrected chi connectivity index (χ1v) is 7.99. The van der Waals surface area contributed by atoms with Crippen LogP contribution in [0.5, 0.6) is 0 Å². The van der Waals surface area contributed by atoms with E-state index in [4.69, 9.17) is 17.2 Å². The number of ether oxygens (including phenoxy) is 1. The number of methoxy groups -OCH3 is 1. The van der Waals surface area contributed by atoms with Gasteiger partial charge in [0.15, 0.2) is 0 Å². The molecule has 0 spiro atoms. The largest absolute Gasteiger partial charge is 0.466 e. The Hall–Kier alpha value is -1.92. The lowest BCUT2D eigenvalue weighted by molar-refractivity contribution is -0.134. The average molecular weight is 318 g/mol. The quantitative estimate of drug-likeness (QED) is 0.305. The van der Waals surface area contributed by atoms with Crippen LogP contribution in [0.1, 0.15) is 38.5 Å². The lowest BCUT2D eigenvalue weighted by Gasteiger charge is -2.24. The van der Waals surface area contributed by atoms with Crippen LogP contribution in [0.15, 0.2) is 40.4 Å². The fourth-order valence-corrected chi connectivity index (χ4v) is 2.95. The Bertz CT molecular complexity index is 569. The zero-order chi connectivity index (χ0) is 16.9. The van der Waals surface area contributed by atoms with Gasteiger partial charge in [0.05, 0.1) is 12.6 Å². The van der Waals surface area contributed by atoms with Crippen LogP contribution in [-0.4, -0.2) is 30.6 Å². The van der Waals surface area contributed by atoms with Crippen molar-refractivity contribution in [2.45, 2.75) is 50.2 Å². The lowest BCUT2D eigenvalue weighted by atomic mass is 9.96. The summed E-state index contributed by atoms with van der Waals surface area (Å²) in [5.41, 5.74) is 20.0. The molecule has 126 valence electrons. The molecule has 0 saturated heterocycles. The number of nitrogens with zero attached hydrogens (tertiary/aromatic N) is 1. The summed E-state index contributed by atoms with van der Waals surface area (Å²) >= 11 is 0. The molecule has 23 heavy (non-hydrogen) atoms. The van der Waals surface area contributed by atoms with E-state index in [9.17, 15) is 4.79 Å². The minimum Gasteiger partial charge on any atom is -0.466 e. The highest BCUT2D eigenvalue weighted by Crippen LogP contribution is 2.28. The van der Waals surface area contributed by atoms with Gasteiger partial charge in [0.2, 0.25) is 0 Å². The monoisotopic (exact) mass is 318 g/mol. The van der Waals surface area contributed by atoms with Gasteiger partial charge in [0, 0.05) is 6.08 Å². The molecular formula is C17H26N4O2. The number of aliphatic imine (C=N–C) groups is 1. The summed E-state index contributed by atoms with van der Waals surface area (Å²) in [5.74, 6) is 0.0638. The van der Waals surface area contributed by atoms with Crippen LogP contribution in [0.4, 0.5) is 0 Å². The van der Waals surface area contributed by atoms with Crippen LogP contribution < -0.4 is 17.2 Å². The second-order valence-electron chi connectivity index (χ2n) is 6.14. The SMILES string of the molecule is COC(=O)/C=C/C1=CC(C(N)N=C(N)C2(N)CCCC2)=CCC1. The fourth-order valence-electron chi connectivity index (χ4n) is 2.95. The third-order valence-corrected chi connectivity index (χ3v) is 4.43. The van der Waals surface area contributed by atoms with Crippen molar-refractivity contribution >= 4 is 11.8 Å². The van der Waals surface area contributed by atoms with Crippen molar-refractivity contribution in [3.05, 3.63) is 35.5 Å². The summed E-state index contributed by atoms with van der Waals surface area (Å²) in [6, 6.07) is 0. The molecule has 2 aliphatic rings. The summed E-state index contributed by atoms with van der Waals surface area (Å²) in [7, 11) is 1.35. The van der Waals surface area contributed by atoms with E-state index in [2.05, 4.69) is 15.8 Å². The molecule has 0 bridgehead atoms. The molecule has 2 rings (SSSR count). The number of carbonyl (C=O) groups excluding carboxylic acids is 1. The zero-order valence-electron chi connectivity index (χ0n) is 13.6. The van der Waals surface area contributed by atoms with E-state index in [1.54, 1.807) is 6.08 Å². The third-order valence-electron chi connectivity index (χ3n) is 4.43. The first kappa shape index (κ1) is 17.4. The Morgan fingerprint density at radius 1 is 1.43 bits per heavy atom. The lowest BCUT2D eigenvalue weighted by Crippen LogP contribution is -2.50. The van der Waals surface area contributed by atoms with Gasteiger partial charge in [-0.25, -0.2) is 9.79 Å². The van der Waals surface area contributed by atoms with Crippen LogP contribution in [0.3, 0.4) is 0 Å². The molecule has 6 nitrogen and oxygen atoms in total. The minimum atomic E-state index is -0.530. The van der Waals surface area contributed by atoms with Gasteiger partial charge in [0.25, 0.3) is 0 Å². The Kier molecular flexibility index (Phi) is 5.74. The number of amidine groups is 1. The van der Waals surface area contributed by atoms with E-state index < -0.39 is 11.7 Å². The van der Waals surface area contributed by atoms with Crippen molar-refractivity contribution in [1.82, 2.24) is 0 Å². The summed E-state index contributed by atoms with van der Waals surface area (Å²) < 4.78 is 4.59. The minimum absolute atomic E-state index is 0.375. The van der Waals surface area contributed by atoms with Crippen molar-refractivity contribution in [3.63, 3.8) is 0 Å². The first-order valence-electron chi connectivity index (χ1n) is 7.99. The molecule has 1 fully saturated rings. The summed E-state index contributed by atoms with van der Waals surface area (Å²) in [5, 5.41) is 0. The van der Waals surface area contributed by atoms with Crippen molar-refractivity contribution in [1.29, 1.82) is 0 Å². The number of rotatable bonds is 5. The van der Waals surface area contributed by atoms with E-state index in [0.29, 0.717) is 5.84 Å². The predicted octanol–water partition coefficient (Wildman–Crippen LogP) is 1.28. The molecule has 2 aliphatic carbocycles. The van der Waals surface area contributed by atoms with Gasteiger partial charge in [-0.05, 0) is 36.8 Å². The Labute approximate surface area is 137 Å². The highest BCUT2D eigenvalue weighted by molar-refractivity contribution is 5.90. The number of nitrogens with two attached hydrogens (primary N) is 3. The summed E-state index contributed by atoms with van der Waals surface area (Å²) in [4.78, 5) is 15.6. The average Bonchev–Trinajstić information content (AvgIpc) is 3.01. The second kappa shape index (κ2) is 7.57. The molecule has 0 amide bonds. The molecule has 0 aliphatic heterocycles. The normalized spacial score (nSPS) is 22.7. The molecule has 0 radical (unpaired) electrons. The van der Waals surface area contributed by atoms with E-state index in [1.165, 1.54) is 13.2 Å². The Balaban J connectivity index is 2.08. The maximum absolute atomic E-state index is 11.2. The zero-order valence-corrected chi connectivity index (χ0v) is 13.6.